The lowest BCUT2D eigenvalue weighted by Crippen LogP contribution is -2.39. The summed E-state index contributed by atoms with van der Waals surface area (Å²) in [5, 5.41) is 15.5. The highest BCUT2D eigenvalue weighted by atomic mass is 79.9. The average molecular weight is 515 g/mol. The second-order valence-electron chi connectivity index (χ2n) is 6.85. The van der Waals surface area contributed by atoms with Crippen molar-refractivity contribution in [1.29, 1.82) is 0 Å². The molecule has 1 unspecified atom stereocenters. The van der Waals surface area contributed by atoms with Gasteiger partial charge in [0, 0.05) is 50.2 Å². The van der Waals surface area contributed by atoms with E-state index in [1.54, 1.807) is 18.3 Å². The third kappa shape index (κ3) is 8.41. The summed E-state index contributed by atoms with van der Waals surface area (Å²) in [5.41, 5.74) is 0.745. The van der Waals surface area contributed by atoms with Gasteiger partial charge in [0.25, 0.3) is 0 Å². The SMILES string of the molecule is CC(CO)Nc1nc(Nc2cccc(OOSNCCN3CCOCC3)c2)ncc1Br. The molecule has 1 fully saturated rings. The Balaban J connectivity index is 1.43. The molecule has 1 saturated heterocycles. The molecule has 2 heterocycles. The van der Waals surface area contributed by atoms with Gasteiger partial charge in [0.05, 0.1) is 24.3 Å². The molecule has 1 aromatic heterocycles. The van der Waals surface area contributed by atoms with Crippen molar-refractivity contribution in [1.82, 2.24) is 19.6 Å². The van der Waals surface area contributed by atoms with Gasteiger partial charge in [-0.05, 0) is 35.0 Å². The average Bonchev–Trinajstić information content (AvgIpc) is 2.79. The predicted octanol–water partition coefficient (Wildman–Crippen LogP) is 2.57. The first kappa shape index (κ1) is 24.0. The van der Waals surface area contributed by atoms with Crippen LogP contribution in [0.1, 0.15) is 6.92 Å². The summed E-state index contributed by atoms with van der Waals surface area (Å²) in [7, 11) is 0. The second kappa shape index (κ2) is 13.0. The lowest BCUT2D eigenvalue weighted by atomic mass is 10.3. The topological polar surface area (TPSA) is 113 Å². The van der Waals surface area contributed by atoms with Crippen LogP contribution >= 0.6 is 28.2 Å². The molecule has 3 rings (SSSR count). The molecule has 170 valence electrons. The number of morpholine rings is 1. The molecule has 0 saturated carbocycles. The molecule has 2 aromatic rings. The first-order chi connectivity index (χ1) is 15.1. The first-order valence-electron chi connectivity index (χ1n) is 9.94. The van der Waals surface area contributed by atoms with Crippen LogP contribution in [0.4, 0.5) is 17.5 Å². The van der Waals surface area contributed by atoms with Gasteiger partial charge >= 0.3 is 0 Å². The minimum Gasteiger partial charge on any atom is -0.394 e. The largest absolute Gasteiger partial charge is 0.394 e. The minimum absolute atomic E-state index is 0.00132. The van der Waals surface area contributed by atoms with Gasteiger partial charge in [0.15, 0.2) is 5.75 Å². The van der Waals surface area contributed by atoms with E-state index in [0.717, 1.165) is 57.3 Å². The smallest absolute Gasteiger partial charge is 0.229 e. The maximum atomic E-state index is 9.22. The zero-order chi connectivity index (χ0) is 21.9. The Hall–Kier alpha value is -1.67. The Labute approximate surface area is 194 Å². The van der Waals surface area contributed by atoms with Crippen LogP contribution in [-0.4, -0.2) is 72.0 Å². The zero-order valence-corrected chi connectivity index (χ0v) is 19.6. The van der Waals surface area contributed by atoms with Gasteiger partial charge < -0.3 is 25.4 Å². The van der Waals surface area contributed by atoms with E-state index in [2.05, 4.69) is 46.2 Å². The van der Waals surface area contributed by atoms with Crippen LogP contribution in [0.3, 0.4) is 0 Å². The lowest BCUT2D eigenvalue weighted by molar-refractivity contribution is -0.0787. The lowest BCUT2D eigenvalue weighted by Gasteiger charge is -2.26. The molecule has 4 N–H and O–H groups in total. The van der Waals surface area contributed by atoms with Crippen molar-refractivity contribution in [3.05, 3.63) is 34.9 Å². The molecule has 12 heteroatoms. The molecule has 1 aliphatic heterocycles. The quantitative estimate of drug-likeness (QED) is 0.110. The number of benzene rings is 1. The van der Waals surface area contributed by atoms with E-state index in [0.29, 0.717) is 22.0 Å². The number of nitrogens with zero attached hydrogens (tertiary/aromatic N) is 3. The van der Waals surface area contributed by atoms with Gasteiger partial charge in [-0.25, -0.2) is 9.71 Å². The fourth-order valence-corrected chi connectivity index (χ4v) is 3.35. The highest BCUT2D eigenvalue weighted by Gasteiger charge is 2.10. The van der Waals surface area contributed by atoms with Crippen molar-refractivity contribution < 1.29 is 19.1 Å². The van der Waals surface area contributed by atoms with Crippen molar-refractivity contribution in [2.75, 3.05) is 56.6 Å². The summed E-state index contributed by atoms with van der Waals surface area (Å²) >= 11 is 4.45. The predicted molar refractivity (Wildman–Crippen MR) is 124 cm³/mol. The maximum Gasteiger partial charge on any atom is 0.229 e. The number of aliphatic hydroxyl groups excluding tert-OH is 1. The first-order valence-corrected chi connectivity index (χ1v) is 11.5. The van der Waals surface area contributed by atoms with E-state index in [-0.39, 0.29) is 12.6 Å². The minimum atomic E-state index is -0.132. The standard InChI is InChI=1S/C19H27BrN6O4S/c1-14(13-27)23-18-17(20)12-21-19(25-18)24-15-3-2-4-16(11-15)29-30-31-22-5-6-26-7-9-28-10-8-26/h2-4,11-12,14,22,27H,5-10,13H2,1H3,(H2,21,23,24,25). The van der Waals surface area contributed by atoms with Gasteiger partial charge in [-0.1, -0.05) is 10.4 Å². The Bertz CT molecular complexity index is 815. The molecule has 10 nitrogen and oxygen atoms in total. The monoisotopic (exact) mass is 514 g/mol. The normalized spacial score (nSPS) is 15.5. The summed E-state index contributed by atoms with van der Waals surface area (Å²) in [5.74, 6) is 1.54. The maximum absolute atomic E-state index is 9.22. The van der Waals surface area contributed by atoms with Crippen molar-refractivity contribution in [3.63, 3.8) is 0 Å². The molecule has 0 spiro atoms. The van der Waals surface area contributed by atoms with Crippen LogP contribution in [0, 0.1) is 0 Å². The molecular weight excluding hydrogens is 488 g/mol. The van der Waals surface area contributed by atoms with Crippen molar-refractivity contribution in [2.45, 2.75) is 13.0 Å². The Morgan fingerprint density at radius 2 is 2.19 bits per heavy atom. The molecule has 0 radical (unpaired) electrons. The van der Waals surface area contributed by atoms with Gasteiger partial charge in [-0.15, -0.1) is 0 Å². The van der Waals surface area contributed by atoms with Crippen molar-refractivity contribution >= 4 is 45.6 Å². The molecule has 31 heavy (non-hydrogen) atoms. The number of hydrogen-bond acceptors (Lipinski definition) is 11. The van der Waals surface area contributed by atoms with Gasteiger partial charge in [-0.2, -0.15) is 4.98 Å². The molecule has 1 aromatic carbocycles. The number of ether oxygens (including phenoxy) is 1. The van der Waals surface area contributed by atoms with Crippen LogP contribution in [0.5, 0.6) is 5.75 Å². The Kier molecular flexibility index (Phi) is 10.1. The van der Waals surface area contributed by atoms with E-state index in [9.17, 15) is 5.11 Å². The number of aliphatic hydroxyl groups is 1. The summed E-state index contributed by atoms with van der Waals surface area (Å²) in [4.78, 5) is 16.4. The van der Waals surface area contributed by atoms with Crippen LogP contribution < -0.4 is 20.2 Å². The Morgan fingerprint density at radius 3 is 3.00 bits per heavy atom. The molecule has 0 bridgehead atoms. The van der Waals surface area contributed by atoms with Crippen LogP contribution in [0.2, 0.25) is 0 Å². The van der Waals surface area contributed by atoms with Gasteiger partial charge in [0.2, 0.25) is 5.95 Å². The van der Waals surface area contributed by atoms with E-state index in [1.165, 1.54) is 0 Å². The molecule has 0 aliphatic carbocycles. The number of nitrogens with one attached hydrogen (secondary N) is 3. The molecular formula is C19H27BrN6O4S. The number of halogens is 1. The fraction of sp³-hybridized carbons (Fsp3) is 0.474. The number of hydrogen-bond donors (Lipinski definition) is 4. The van der Waals surface area contributed by atoms with Crippen LogP contribution in [0.15, 0.2) is 34.9 Å². The third-order valence-corrected chi connectivity index (χ3v) is 5.39. The molecule has 1 aliphatic rings. The highest BCUT2D eigenvalue weighted by Crippen LogP contribution is 2.24. The summed E-state index contributed by atoms with van der Waals surface area (Å²) in [6.45, 7) is 7.08. The zero-order valence-electron chi connectivity index (χ0n) is 17.2. The second-order valence-corrected chi connectivity index (χ2v) is 8.30. The number of rotatable bonds is 12. The summed E-state index contributed by atoms with van der Waals surface area (Å²) in [6, 6.07) is 7.15. The van der Waals surface area contributed by atoms with E-state index >= 15 is 0 Å². The van der Waals surface area contributed by atoms with E-state index in [4.69, 9.17) is 14.0 Å². The summed E-state index contributed by atoms with van der Waals surface area (Å²) in [6.07, 6.45) is 1.64. The van der Waals surface area contributed by atoms with Crippen molar-refractivity contribution in [3.8, 4) is 5.75 Å². The molecule has 0 amide bonds. The van der Waals surface area contributed by atoms with E-state index in [1.807, 2.05) is 19.1 Å². The van der Waals surface area contributed by atoms with Crippen molar-refractivity contribution in [2.24, 2.45) is 0 Å². The van der Waals surface area contributed by atoms with Crippen LogP contribution in [0.25, 0.3) is 0 Å². The molecule has 1 atom stereocenters. The van der Waals surface area contributed by atoms with Crippen LogP contribution in [-0.2, 0) is 9.07 Å². The summed E-state index contributed by atoms with van der Waals surface area (Å²) < 4.78 is 14.3. The van der Waals surface area contributed by atoms with E-state index < -0.39 is 0 Å². The third-order valence-electron chi connectivity index (χ3n) is 4.35. The van der Waals surface area contributed by atoms with Gasteiger partial charge in [-0.3, -0.25) is 4.90 Å². The number of aromatic nitrogens is 2. The number of anilines is 3. The highest BCUT2D eigenvalue weighted by molar-refractivity contribution is 9.10. The fourth-order valence-electron chi connectivity index (χ4n) is 2.71. The van der Waals surface area contributed by atoms with Gasteiger partial charge in [0.1, 0.15) is 18.0 Å². The Morgan fingerprint density at radius 1 is 1.35 bits per heavy atom.